The van der Waals surface area contributed by atoms with Crippen molar-refractivity contribution in [3.05, 3.63) is 100 Å². The van der Waals surface area contributed by atoms with Crippen molar-refractivity contribution in [3.63, 3.8) is 0 Å². The number of hydrogen-bond donors (Lipinski definition) is 2. The summed E-state index contributed by atoms with van der Waals surface area (Å²) in [6, 6.07) is 21.8. The average Bonchev–Trinajstić information content (AvgIpc) is 2.74. The van der Waals surface area contributed by atoms with E-state index in [0.717, 1.165) is 5.56 Å². The largest absolute Gasteiger partial charge is 0.368 e. The second kappa shape index (κ2) is 9.47. The molecule has 0 saturated carbocycles. The van der Waals surface area contributed by atoms with Gasteiger partial charge >= 0.3 is 0 Å². The van der Waals surface area contributed by atoms with E-state index in [-0.39, 0.29) is 28.6 Å². The summed E-state index contributed by atoms with van der Waals surface area (Å²) in [4.78, 5) is 35.6. The van der Waals surface area contributed by atoms with Crippen LogP contribution in [0.2, 0.25) is 0 Å². The Morgan fingerprint density at radius 2 is 1.60 bits per heavy atom. The van der Waals surface area contributed by atoms with Gasteiger partial charge in [-0.3, -0.25) is 19.7 Å². The van der Waals surface area contributed by atoms with Crippen molar-refractivity contribution in [1.29, 1.82) is 0 Å². The monoisotopic (exact) mass is 403 g/mol. The predicted octanol–water partition coefficient (Wildman–Crippen LogP) is 4.46. The average molecular weight is 403 g/mol. The molecule has 0 aliphatic rings. The van der Waals surface area contributed by atoms with Gasteiger partial charge in [-0.1, -0.05) is 48.5 Å². The standard InChI is InChI=1S/C23H21N3O4/c1-16(27)18-12-13-20(22(15-18)26(29)30)25-21(14-17-8-4-2-5-9-17)23(28)24-19-10-6-3-7-11-19/h2-13,15,21,25H,14H2,1H3,(H,24,28)/t21-/m1/s1. The van der Waals surface area contributed by atoms with Crippen molar-refractivity contribution < 1.29 is 14.5 Å². The summed E-state index contributed by atoms with van der Waals surface area (Å²) in [5.41, 5.74) is 1.69. The number of nitrogens with zero attached hydrogens (tertiary/aromatic N) is 1. The molecular formula is C23H21N3O4. The summed E-state index contributed by atoms with van der Waals surface area (Å²) < 4.78 is 0. The van der Waals surface area contributed by atoms with Crippen LogP contribution in [0.15, 0.2) is 78.9 Å². The van der Waals surface area contributed by atoms with E-state index in [1.54, 1.807) is 24.3 Å². The Labute approximate surface area is 173 Å². The van der Waals surface area contributed by atoms with Gasteiger partial charge in [0.2, 0.25) is 5.91 Å². The molecule has 0 radical (unpaired) electrons. The van der Waals surface area contributed by atoms with Gasteiger partial charge in [-0.15, -0.1) is 0 Å². The van der Waals surface area contributed by atoms with E-state index in [1.165, 1.54) is 25.1 Å². The lowest BCUT2D eigenvalue weighted by molar-refractivity contribution is -0.384. The molecule has 0 heterocycles. The molecule has 1 atom stereocenters. The molecule has 0 unspecified atom stereocenters. The van der Waals surface area contributed by atoms with Gasteiger partial charge in [-0.2, -0.15) is 0 Å². The molecule has 0 aliphatic heterocycles. The summed E-state index contributed by atoms with van der Waals surface area (Å²) >= 11 is 0. The van der Waals surface area contributed by atoms with Crippen LogP contribution in [0.25, 0.3) is 0 Å². The fraction of sp³-hybridized carbons (Fsp3) is 0.130. The molecule has 7 heteroatoms. The highest BCUT2D eigenvalue weighted by Gasteiger charge is 2.24. The molecular weight excluding hydrogens is 382 g/mol. The highest BCUT2D eigenvalue weighted by molar-refractivity contribution is 5.98. The summed E-state index contributed by atoms with van der Waals surface area (Å²) in [5, 5.41) is 17.4. The molecule has 3 rings (SSSR count). The fourth-order valence-electron chi connectivity index (χ4n) is 3.02. The molecule has 0 aromatic heterocycles. The summed E-state index contributed by atoms with van der Waals surface area (Å²) in [5.74, 6) is -0.595. The Morgan fingerprint density at radius 1 is 0.967 bits per heavy atom. The summed E-state index contributed by atoms with van der Waals surface area (Å²) in [6.07, 6.45) is 0.325. The normalized spacial score (nSPS) is 11.4. The van der Waals surface area contributed by atoms with E-state index in [0.29, 0.717) is 12.1 Å². The Morgan fingerprint density at radius 3 is 2.20 bits per heavy atom. The van der Waals surface area contributed by atoms with Gasteiger partial charge in [0.15, 0.2) is 5.78 Å². The van der Waals surface area contributed by atoms with E-state index in [9.17, 15) is 19.7 Å². The first kappa shape index (κ1) is 20.7. The number of ketones is 1. The van der Waals surface area contributed by atoms with Crippen molar-refractivity contribution in [3.8, 4) is 0 Å². The van der Waals surface area contributed by atoms with E-state index < -0.39 is 11.0 Å². The van der Waals surface area contributed by atoms with Crippen LogP contribution in [-0.4, -0.2) is 22.7 Å². The Balaban J connectivity index is 1.91. The molecule has 0 bridgehead atoms. The van der Waals surface area contributed by atoms with Crippen LogP contribution in [0.3, 0.4) is 0 Å². The van der Waals surface area contributed by atoms with Crippen LogP contribution in [0.5, 0.6) is 0 Å². The fourth-order valence-corrected chi connectivity index (χ4v) is 3.02. The minimum absolute atomic E-state index is 0.175. The van der Waals surface area contributed by atoms with Gasteiger partial charge in [0.1, 0.15) is 11.7 Å². The minimum atomic E-state index is -0.769. The number of hydrogen-bond acceptors (Lipinski definition) is 5. The second-order valence-electron chi connectivity index (χ2n) is 6.79. The van der Waals surface area contributed by atoms with E-state index in [4.69, 9.17) is 0 Å². The molecule has 0 saturated heterocycles. The lowest BCUT2D eigenvalue weighted by Gasteiger charge is -2.20. The van der Waals surface area contributed by atoms with Crippen LogP contribution < -0.4 is 10.6 Å². The number of rotatable bonds is 8. The van der Waals surface area contributed by atoms with Crippen molar-refractivity contribution in [2.75, 3.05) is 10.6 Å². The third kappa shape index (κ3) is 5.29. The van der Waals surface area contributed by atoms with Crippen LogP contribution >= 0.6 is 0 Å². The topological polar surface area (TPSA) is 101 Å². The molecule has 0 fully saturated rings. The molecule has 2 N–H and O–H groups in total. The quantitative estimate of drug-likeness (QED) is 0.328. The number of para-hydroxylation sites is 1. The van der Waals surface area contributed by atoms with Crippen molar-refractivity contribution in [1.82, 2.24) is 0 Å². The number of Topliss-reactive ketones (excluding diaryl/α,β-unsaturated/α-hetero) is 1. The van der Waals surface area contributed by atoms with Gasteiger partial charge < -0.3 is 10.6 Å². The number of nitro groups is 1. The van der Waals surface area contributed by atoms with E-state index in [1.807, 2.05) is 36.4 Å². The number of nitro benzene ring substituents is 1. The molecule has 0 spiro atoms. The Hall–Kier alpha value is -4.00. The first-order valence-electron chi connectivity index (χ1n) is 9.40. The number of amides is 1. The Bertz CT molecular complexity index is 1050. The van der Waals surface area contributed by atoms with Gasteiger partial charge in [0, 0.05) is 23.7 Å². The first-order valence-corrected chi connectivity index (χ1v) is 9.40. The lowest BCUT2D eigenvalue weighted by Crippen LogP contribution is -2.36. The van der Waals surface area contributed by atoms with E-state index >= 15 is 0 Å². The zero-order valence-corrected chi connectivity index (χ0v) is 16.4. The maximum absolute atomic E-state index is 13.0. The highest BCUT2D eigenvalue weighted by atomic mass is 16.6. The minimum Gasteiger partial charge on any atom is -0.368 e. The maximum Gasteiger partial charge on any atom is 0.293 e. The summed E-state index contributed by atoms with van der Waals surface area (Å²) in [7, 11) is 0. The third-order valence-corrected chi connectivity index (χ3v) is 4.57. The van der Waals surface area contributed by atoms with Crippen LogP contribution in [0, 0.1) is 10.1 Å². The van der Waals surface area contributed by atoms with Crippen molar-refractivity contribution in [2.45, 2.75) is 19.4 Å². The van der Waals surface area contributed by atoms with Gasteiger partial charge in [0.05, 0.1) is 4.92 Å². The van der Waals surface area contributed by atoms with Crippen molar-refractivity contribution >= 4 is 28.8 Å². The number of benzene rings is 3. The second-order valence-corrected chi connectivity index (χ2v) is 6.79. The van der Waals surface area contributed by atoms with Gasteiger partial charge in [-0.05, 0) is 36.8 Å². The predicted molar refractivity (Wildman–Crippen MR) is 116 cm³/mol. The summed E-state index contributed by atoms with van der Waals surface area (Å²) in [6.45, 7) is 1.34. The number of carbonyl (C=O) groups excluding carboxylic acids is 2. The smallest absolute Gasteiger partial charge is 0.293 e. The highest BCUT2D eigenvalue weighted by Crippen LogP contribution is 2.27. The number of nitrogens with one attached hydrogen (secondary N) is 2. The molecule has 152 valence electrons. The van der Waals surface area contributed by atoms with Gasteiger partial charge in [0.25, 0.3) is 5.69 Å². The number of carbonyl (C=O) groups is 2. The first-order chi connectivity index (χ1) is 14.4. The van der Waals surface area contributed by atoms with Crippen LogP contribution in [-0.2, 0) is 11.2 Å². The van der Waals surface area contributed by atoms with Crippen molar-refractivity contribution in [2.24, 2.45) is 0 Å². The van der Waals surface area contributed by atoms with Crippen LogP contribution in [0.1, 0.15) is 22.8 Å². The molecule has 1 amide bonds. The Kier molecular flexibility index (Phi) is 6.54. The molecule has 3 aromatic rings. The van der Waals surface area contributed by atoms with Crippen LogP contribution in [0.4, 0.5) is 17.1 Å². The zero-order valence-electron chi connectivity index (χ0n) is 16.4. The number of anilines is 2. The molecule has 7 nitrogen and oxygen atoms in total. The lowest BCUT2D eigenvalue weighted by atomic mass is 10.0. The molecule has 0 aliphatic carbocycles. The molecule has 3 aromatic carbocycles. The maximum atomic E-state index is 13.0. The zero-order chi connectivity index (χ0) is 21.5. The van der Waals surface area contributed by atoms with Gasteiger partial charge in [-0.25, -0.2) is 0 Å². The van der Waals surface area contributed by atoms with E-state index in [2.05, 4.69) is 10.6 Å². The molecule has 30 heavy (non-hydrogen) atoms. The SMILES string of the molecule is CC(=O)c1ccc(N[C@H](Cc2ccccc2)C(=O)Nc2ccccc2)c([N+](=O)[O-])c1. The third-order valence-electron chi connectivity index (χ3n) is 4.57.